The summed E-state index contributed by atoms with van der Waals surface area (Å²) in [5.41, 5.74) is 12.2. The number of hydrogen-bond donors (Lipinski definition) is 2. The summed E-state index contributed by atoms with van der Waals surface area (Å²) in [4.78, 5) is 26.4. The number of amides is 2. The second-order valence-corrected chi connectivity index (χ2v) is 7.65. The number of nitrogens with one attached hydrogen (secondary N) is 1. The van der Waals surface area contributed by atoms with Gasteiger partial charge in [0.05, 0.1) is 31.5 Å². The Balaban J connectivity index is 0.00000256. The van der Waals surface area contributed by atoms with Crippen molar-refractivity contribution >= 4 is 29.9 Å². The van der Waals surface area contributed by atoms with Crippen molar-refractivity contribution in [2.75, 3.05) is 20.8 Å². The lowest BCUT2D eigenvalue weighted by Gasteiger charge is -2.48. The van der Waals surface area contributed by atoms with Crippen molar-refractivity contribution in [1.82, 2.24) is 10.3 Å². The third kappa shape index (κ3) is 3.49. The predicted octanol–water partition coefficient (Wildman–Crippen LogP) is 2.71. The molecule has 1 aliphatic carbocycles. The fourth-order valence-corrected chi connectivity index (χ4v) is 4.87. The molecular weight excluding hydrogens is 408 g/mol. The van der Waals surface area contributed by atoms with Gasteiger partial charge in [-0.15, -0.1) is 12.4 Å². The summed E-state index contributed by atoms with van der Waals surface area (Å²) in [5.74, 6) is 1.35. The summed E-state index contributed by atoms with van der Waals surface area (Å²) < 4.78 is 11.0. The van der Waals surface area contributed by atoms with Crippen molar-refractivity contribution in [3.8, 4) is 11.5 Å². The Hall–Kier alpha value is -2.74. The Morgan fingerprint density at radius 3 is 2.57 bits per heavy atom. The van der Waals surface area contributed by atoms with Crippen LogP contribution in [0.5, 0.6) is 11.5 Å². The monoisotopic (exact) mass is 434 g/mol. The highest BCUT2D eigenvalue weighted by molar-refractivity contribution is 6.24. The number of primary amides is 1. The van der Waals surface area contributed by atoms with E-state index in [1.54, 1.807) is 14.2 Å². The number of hydrogen-bond acceptors (Lipinski definition) is 6. The van der Waals surface area contributed by atoms with Crippen LogP contribution >= 0.6 is 12.4 Å². The summed E-state index contributed by atoms with van der Waals surface area (Å²) in [7, 11) is 3.26. The molecule has 0 spiro atoms. The Bertz CT molecular complexity index is 943. The highest BCUT2D eigenvalue weighted by atomic mass is 35.5. The lowest BCUT2D eigenvalue weighted by Crippen LogP contribution is -2.48. The van der Waals surface area contributed by atoms with Crippen LogP contribution in [0.1, 0.15) is 43.4 Å². The van der Waals surface area contributed by atoms with Gasteiger partial charge in [0.1, 0.15) is 0 Å². The minimum atomic E-state index is -0.743. The molecule has 8 nitrogen and oxygen atoms in total. The third-order valence-corrected chi connectivity index (χ3v) is 6.10. The molecule has 2 heterocycles. The third-order valence-electron chi connectivity index (χ3n) is 6.10. The van der Waals surface area contributed by atoms with Crippen molar-refractivity contribution in [3.63, 3.8) is 0 Å². The van der Waals surface area contributed by atoms with Gasteiger partial charge < -0.3 is 20.1 Å². The van der Waals surface area contributed by atoms with E-state index in [4.69, 9.17) is 15.2 Å². The molecule has 0 fully saturated rings. The van der Waals surface area contributed by atoms with Gasteiger partial charge in [-0.2, -0.15) is 5.10 Å². The fourth-order valence-electron chi connectivity index (χ4n) is 4.87. The largest absolute Gasteiger partial charge is 0.493 e. The van der Waals surface area contributed by atoms with Crippen LogP contribution in [0.3, 0.4) is 0 Å². The molecule has 1 aromatic rings. The lowest BCUT2D eigenvalue weighted by molar-refractivity contribution is -0.116. The van der Waals surface area contributed by atoms with Crippen molar-refractivity contribution in [1.29, 1.82) is 0 Å². The molecule has 3 aliphatic rings. The number of nitrogens with two attached hydrogens (primary N) is 1. The SMILES string of the molecule is COc1cc2c(cc1OC)C1[C@@H](C)/C(=N\NC(N)=O)C3=C(CCCC3=O)N1CC2.Cl. The number of benzene rings is 1. The van der Waals surface area contributed by atoms with Crippen LogP contribution in [0, 0.1) is 5.92 Å². The molecule has 2 atom stereocenters. The van der Waals surface area contributed by atoms with E-state index >= 15 is 0 Å². The Morgan fingerprint density at radius 2 is 1.90 bits per heavy atom. The van der Waals surface area contributed by atoms with Crippen LogP contribution < -0.4 is 20.6 Å². The topological polar surface area (TPSA) is 106 Å². The van der Waals surface area contributed by atoms with Gasteiger partial charge in [-0.05, 0) is 42.5 Å². The number of carbonyl (C=O) groups excluding carboxylic acids is 2. The summed E-state index contributed by atoms with van der Waals surface area (Å²) in [6.07, 6.45) is 3.00. The van der Waals surface area contributed by atoms with Gasteiger partial charge >= 0.3 is 6.03 Å². The van der Waals surface area contributed by atoms with E-state index in [-0.39, 0.29) is 30.2 Å². The standard InChI is InChI=1S/C21H26N4O4.ClH/c1-11-19(23-24-21(22)27)18-14(5-4-6-15(18)26)25-8-7-12-9-16(28-2)17(29-3)10-13(12)20(11)25;/h9-11,20H,4-8H2,1-3H3,(H3,22,24,27);1H/b23-19+;/t11-,20?;/m0./s1. The molecule has 2 amide bonds. The normalized spacial score (nSPS) is 23.8. The van der Waals surface area contributed by atoms with Gasteiger partial charge in [0.2, 0.25) is 0 Å². The fraction of sp³-hybridized carbons (Fsp3) is 0.476. The zero-order chi connectivity index (χ0) is 20.7. The van der Waals surface area contributed by atoms with Crippen LogP contribution in [-0.2, 0) is 11.2 Å². The number of nitrogens with zero attached hydrogens (tertiary/aromatic N) is 2. The molecule has 4 rings (SSSR count). The first-order valence-electron chi connectivity index (χ1n) is 9.87. The van der Waals surface area contributed by atoms with Crippen molar-refractivity contribution in [2.45, 2.75) is 38.6 Å². The first kappa shape index (κ1) is 22.0. The number of fused-ring (bicyclic) bond motifs is 4. The van der Waals surface area contributed by atoms with Gasteiger partial charge in [-0.25, -0.2) is 10.2 Å². The van der Waals surface area contributed by atoms with Gasteiger partial charge in [0.25, 0.3) is 0 Å². The molecule has 0 saturated carbocycles. The number of hydrazone groups is 1. The average molecular weight is 435 g/mol. The zero-order valence-electron chi connectivity index (χ0n) is 17.4. The number of carbonyl (C=O) groups is 2. The number of ether oxygens (including phenoxy) is 2. The number of methoxy groups -OCH3 is 2. The van der Waals surface area contributed by atoms with E-state index in [0.29, 0.717) is 29.2 Å². The summed E-state index contributed by atoms with van der Waals surface area (Å²) in [5, 5.41) is 4.27. The highest BCUT2D eigenvalue weighted by Crippen LogP contribution is 2.48. The minimum Gasteiger partial charge on any atom is -0.493 e. The van der Waals surface area contributed by atoms with Crippen molar-refractivity contribution in [2.24, 2.45) is 16.8 Å². The first-order valence-corrected chi connectivity index (χ1v) is 9.87. The molecular formula is C21H27ClN4O4. The van der Waals surface area contributed by atoms with E-state index in [1.165, 1.54) is 5.56 Å². The molecule has 3 N–H and O–H groups in total. The van der Waals surface area contributed by atoms with Crippen molar-refractivity contribution < 1.29 is 19.1 Å². The minimum absolute atomic E-state index is 0. The molecule has 0 aromatic heterocycles. The predicted molar refractivity (Wildman–Crippen MR) is 115 cm³/mol. The average Bonchev–Trinajstić information content (AvgIpc) is 2.72. The van der Waals surface area contributed by atoms with E-state index in [9.17, 15) is 9.59 Å². The molecule has 0 bridgehead atoms. The second kappa shape index (κ2) is 8.55. The van der Waals surface area contributed by atoms with Crippen LogP contribution in [-0.4, -0.2) is 43.2 Å². The van der Waals surface area contributed by atoms with Crippen LogP contribution in [0.4, 0.5) is 4.79 Å². The summed E-state index contributed by atoms with van der Waals surface area (Å²) in [6, 6.07) is 3.31. The Kier molecular flexibility index (Phi) is 6.26. The van der Waals surface area contributed by atoms with Crippen LogP contribution in [0.15, 0.2) is 28.5 Å². The van der Waals surface area contributed by atoms with E-state index in [0.717, 1.165) is 37.1 Å². The summed E-state index contributed by atoms with van der Waals surface area (Å²) >= 11 is 0. The molecule has 0 saturated heterocycles. The van der Waals surface area contributed by atoms with Gasteiger partial charge in [0.15, 0.2) is 17.3 Å². The number of urea groups is 1. The van der Waals surface area contributed by atoms with Crippen LogP contribution in [0.2, 0.25) is 0 Å². The smallest absolute Gasteiger partial charge is 0.332 e. The van der Waals surface area contributed by atoms with Gasteiger partial charge in [-0.1, -0.05) is 6.92 Å². The molecule has 2 aliphatic heterocycles. The van der Waals surface area contributed by atoms with E-state index in [1.807, 2.05) is 19.1 Å². The molecule has 1 unspecified atom stereocenters. The second-order valence-electron chi connectivity index (χ2n) is 7.65. The van der Waals surface area contributed by atoms with E-state index in [2.05, 4.69) is 15.4 Å². The molecule has 0 radical (unpaired) electrons. The molecule has 162 valence electrons. The summed E-state index contributed by atoms with van der Waals surface area (Å²) in [6.45, 7) is 2.86. The maximum Gasteiger partial charge on any atom is 0.332 e. The lowest BCUT2D eigenvalue weighted by atomic mass is 9.74. The van der Waals surface area contributed by atoms with Gasteiger partial charge in [-0.3, -0.25) is 4.79 Å². The molecule has 30 heavy (non-hydrogen) atoms. The molecule has 9 heteroatoms. The first-order chi connectivity index (χ1) is 14.0. The highest BCUT2D eigenvalue weighted by Gasteiger charge is 2.44. The Labute approximate surface area is 181 Å². The Morgan fingerprint density at radius 1 is 1.20 bits per heavy atom. The number of rotatable bonds is 3. The number of allylic oxidation sites excluding steroid dienone is 2. The van der Waals surface area contributed by atoms with Gasteiger partial charge in [0, 0.05) is 24.6 Å². The quantitative estimate of drug-likeness (QED) is 0.711. The van der Waals surface area contributed by atoms with E-state index < -0.39 is 6.03 Å². The number of ketones is 1. The maximum absolute atomic E-state index is 12.8. The maximum atomic E-state index is 12.8. The molecule has 1 aromatic carbocycles. The number of halogens is 1. The zero-order valence-corrected chi connectivity index (χ0v) is 18.2. The van der Waals surface area contributed by atoms with Crippen LogP contribution in [0.25, 0.3) is 0 Å². The number of Topliss-reactive ketones (excluding diaryl/α,β-unsaturated/α-hetero) is 1. The van der Waals surface area contributed by atoms with Crippen molar-refractivity contribution in [3.05, 3.63) is 34.5 Å².